The number of phenols is 1. The van der Waals surface area contributed by atoms with E-state index in [9.17, 15) is 28.6 Å². The lowest BCUT2D eigenvalue weighted by Crippen LogP contribution is -2.44. The van der Waals surface area contributed by atoms with E-state index >= 15 is 0 Å². The Kier molecular flexibility index (Phi) is 7.43. The van der Waals surface area contributed by atoms with E-state index in [0.717, 1.165) is 23.8 Å². The number of hydroxylamine groups is 1. The number of hydrogen-bond donors (Lipinski definition) is 4. The third-order valence-electron chi connectivity index (χ3n) is 8.18. The smallest absolute Gasteiger partial charge is 0.262 e. The summed E-state index contributed by atoms with van der Waals surface area (Å²) in [5.41, 5.74) is -0.00314. The van der Waals surface area contributed by atoms with Crippen molar-refractivity contribution in [3.8, 4) is 5.75 Å². The van der Waals surface area contributed by atoms with Gasteiger partial charge in [0, 0.05) is 29.0 Å². The van der Waals surface area contributed by atoms with Crippen molar-refractivity contribution in [1.29, 1.82) is 0 Å². The molecule has 4 aromatic carbocycles. The summed E-state index contributed by atoms with van der Waals surface area (Å²) in [6.45, 7) is 5.98. The Morgan fingerprint density at radius 2 is 1.70 bits per heavy atom. The Balaban J connectivity index is 1.37. The Morgan fingerprint density at radius 3 is 2.48 bits per heavy atom. The molecule has 0 aromatic heterocycles. The number of benzene rings is 4. The van der Waals surface area contributed by atoms with Crippen LogP contribution >= 0.6 is 11.9 Å². The van der Waals surface area contributed by atoms with Gasteiger partial charge in [-0.05, 0) is 48.8 Å². The topological polar surface area (TPSA) is 140 Å². The summed E-state index contributed by atoms with van der Waals surface area (Å²) >= 11 is 0.845. The number of nitrogens with zero attached hydrogens (tertiary/aromatic N) is 2. The number of phenolic OH excluding ortho intramolecular Hbond substituents is 1. The molecule has 1 aliphatic heterocycles. The molecule has 0 radical (unpaired) electrons. The van der Waals surface area contributed by atoms with Crippen LogP contribution in [0.4, 0.5) is 11.4 Å². The fourth-order valence-corrected chi connectivity index (χ4v) is 7.89. The van der Waals surface area contributed by atoms with Crippen LogP contribution in [-0.4, -0.2) is 35.5 Å². The molecule has 1 atom stereocenters. The molecule has 0 bridgehead atoms. The molecular formula is C33H31N3O6S2. The number of carbonyl (C=O) groups is 1. The maximum atomic E-state index is 14.1. The lowest BCUT2D eigenvalue weighted by molar-refractivity contribution is -0.120. The highest BCUT2D eigenvalue weighted by Crippen LogP contribution is 2.48. The normalized spacial score (nSPS) is 18.3. The van der Waals surface area contributed by atoms with E-state index in [0.29, 0.717) is 33.9 Å². The van der Waals surface area contributed by atoms with E-state index in [4.69, 9.17) is 0 Å². The van der Waals surface area contributed by atoms with Gasteiger partial charge in [0.1, 0.15) is 22.8 Å². The van der Waals surface area contributed by atoms with Crippen molar-refractivity contribution in [2.75, 3.05) is 9.79 Å². The molecule has 226 valence electrons. The van der Waals surface area contributed by atoms with Crippen molar-refractivity contribution in [1.82, 2.24) is 0 Å². The van der Waals surface area contributed by atoms with Crippen LogP contribution in [0.3, 0.4) is 0 Å². The zero-order valence-corrected chi connectivity index (χ0v) is 25.9. The summed E-state index contributed by atoms with van der Waals surface area (Å²) in [5.74, 6) is -1.05. The third-order valence-corrected chi connectivity index (χ3v) is 10.4. The molecule has 0 spiro atoms. The van der Waals surface area contributed by atoms with Crippen molar-refractivity contribution in [3.05, 3.63) is 95.6 Å². The van der Waals surface area contributed by atoms with Crippen LogP contribution in [0.15, 0.2) is 98.6 Å². The number of sulfonamides is 1. The van der Waals surface area contributed by atoms with Gasteiger partial charge in [-0.15, -0.1) is 0 Å². The number of aliphatic hydroxyl groups excluding tert-OH is 1. The van der Waals surface area contributed by atoms with Crippen LogP contribution in [-0.2, 0) is 20.2 Å². The minimum absolute atomic E-state index is 0.0553. The van der Waals surface area contributed by atoms with Crippen molar-refractivity contribution in [3.63, 3.8) is 0 Å². The highest BCUT2D eigenvalue weighted by Gasteiger charge is 2.47. The van der Waals surface area contributed by atoms with Crippen LogP contribution in [0.5, 0.6) is 5.75 Å². The maximum Gasteiger partial charge on any atom is 0.262 e. The zero-order chi connectivity index (χ0) is 31.4. The average molecular weight is 630 g/mol. The molecule has 11 heteroatoms. The molecule has 1 heterocycles. The number of carbonyl (C=O) groups excluding carboxylic acids is 1. The number of aliphatic hydroxyl groups is 1. The predicted molar refractivity (Wildman–Crippen MR) is 173 cm³/mol. The number of amidine groups is 1. The van der Waals surface area contributed by atoms with E-state index in [1.54, 1.807) is 30.3 Å². The van der Waals surface area contributed by atoms with Gasteiger partial charge < -0.3 is 10.2 Å². The van der Waals surface area contributed by atoms with Gasteiger partial charge in [0.25, 0.3) is 10.0 Å². The molecule has 0 fully saturated rings. The van der Waals surface area contributed by atoms with Crippen molar-refractivity contribution in [2.24, 2.45) is 10.3 Å². The minimum atomic E-state index is -4.06. The Morgan fingerprint density at radius 1 is 1.00 bits per heavy atom. The first-order valence-electron chi connectivity index (χ1n) is 14.1. The Hall–Kier alpha value is -4.32. The molecule has 0 saturated heterocycles. The first-order chi connectivity index (χ1) is 20.9. The second-order valence-corrected chi connectivity index (χ2v) is 14.1. The van der Waals surface area contributed by atoms with Gasteiger partial charge in [0.05, 0.1) is 20.9 Å². The summed E-state index contributed by atoms with van der Waals surface area (Å²) in [5, 5.41) is 35.6. The van der Waals surface area contributed by atoms with Gasteiger partial charge in [0.15, 0.2) is 11.6 Å². The quantitative estimate of drug-likeness (QED) is 0.157. The molecule has 44 heavy (non-hydrogen) atoms. The highest BCUT2D eigenvalue weighted by molar-refractivity contribution is 7.98. The molecular weight excluding hydrogens is 599 g/mol. The molecule has 9 nitrogen and oxygen atoms in total. The van der Waals surface area contributed by atoms with Gasteiger partial charge in [-0.25, -0.2) is 8.42 Å². The molecule has 1 aliphatic carbocycles. The highest BCUT2D eigenvalue weighted by atomic mass is 32.2. The van der Waals surface area contributed by atoms with E-state index in [-0.39, 0.29) is 38.3 Å². The van der Waals surface area contributed by atoms with Crippen LogP contribution < -0.4 is 9.79 Å². The largest absolute Gasteiger partial charge is 0.506 e. The van der Waals surface area contributed by atoms with Crippen LogP contribution in [0.2, 0.25) is 0 Å². The summed E-state index contributed by atoms with van der Waals surface area (Å²) in [4.78, 5) is 14.4. The van der Waals surface area contributed by atoms with Crippen LogP contribution in [0, 0.1) is 5.92 Å². The number of aromatic hydroxyl groups is 1. The SMILES string of the molecule is CC(C)CC[C@@]1(C)C(=O)C(C2=NSc3cc(NS(=O)(=O)c4cccc5ccccc45)cc(O)c3N2O)=C(O)c2ccccc21. The summed E-state index contributed by atoms with van der Waals surface area (Å²) in [6.07, 6.45) is 1.28. The van der Waals surface area contributed by atoms with E-state index in [1.165, 1.54) is 18.2 Å². The first-order valence-corrected chi connectivity index (χ1v) is 16.4. The average Bonchev–Trinajstić information content (AvgIpc) is 2.99. The van der Waals surface area contributed by atoms with Gasteiger partial charge in [-0.2, -0.15) is 9.46 Å². The molecule has 0 amide bonds. The predicted octanol–water partition coefficient (Wildman–Crippen LogP) is 7.21. The monoisotopic (exact) mass is 629 g/mol. The fraction of sp³-hybridized carbons (Fsp3) is 0.212. The van der Waals surface area contributed by atoms with Crippen LogP contribution in [0.1, 0.15) is 44.7 Å². The molecule has 4 N–H and O–H groups in total. The Labute approximate surface area is 259 Å². The Bertz CT molecular complexity index is 2000. The zero-order valence-electron chi connectivity index (χ0n) is 24.3. The number of anilines is 2. The standard InChI is InChI=1S/C33H31N3O6S2/c1-19(2)15-16-33(3)24-13-7-6-12-23(24)30(38)28(31(33)39)32-34-43-26-18-21(17-25(37)29(26)36(32)40)35-44(41,42)27-14-8-10-20-9-4-5-11-22(20)27/h4-14,17-19,35,37-38,40H,15-16H2,1-3H3/t33-/m1/s1. The summed E-state index contributed by atoms with van der Waals surface area (Å²) in [7, 11) is -4.06. The van der Waals surface area contributed by atoms with Crippen molar-refractivity contribution >= 4 is 61.5 Å². The lowest BCUT2D eigenvalue weighted by Gasteiger charge is -2.37. The molecule has 2 aliphatic rings. The molecule has 6 rings (SSSR count). The number of fused-ring (bicyclic) bond motifs is 3. The van der Waals surface area contributed by atoms with E-state index < -0.39 is 27.0 Å². The van der Waals surface area contributed by atoms with E-state index in [1.807, 2.05) is 37.3 Å². The maximum absolute atomic E-state index is 14.1. The second-order valence-electron chi connectivity index (χ2n) is 11.6. The number of nitrogens with one attached hydrogen (secondary N) is 1. The van der Waals surface area contributed by atoms with Gasteiger partial charge in [-0.3, -0.25) is 14.7 Å². The van der Waals surface area contributed by atoms with Gasteiger partial charge in [0.2, 0.25) is 0 Å². The number of hydrogen-bond acceptors (Lipinski definition) is 9. The summed E-state index contributed by atoms with van der Waals surface area (Å²) < 4.78 is 33.7. The first kappa shape index (κ1) is 29.7. The van der Waals surface area contributed by atoms with E-state index in [2.05, 4.69) is 23.0 Å². The van der Waals surface area contributed by atoms with Gasteiger partial charge in [-0.1, -0.05) is 74.5 Å². The number of rotatable bonds is 7. The molecule has 0 unspecified atom stereocenters. The third kappa shape index (κ3) is 4.90. The number of ketones is 1. The van der Waals surface area contributed by atoms with Crippen molar-refractivity contribution in [2.45, 2.75) is 48.8 Å². The fourth-order valence-electron chi connectivity index (χ4n) is 5.81. The summed E-state index contributed by atoms with van der Waals surface area (Å²) in [6, 6.07) is 21.8. The minimum Gasteiger partial charge on any atom is -0.506 e. The van der Waals surface area contributed by atoms with Crippen LogP contribution in [0.25, 0.3) is 16.5 Å². The molecule has 4 aromatic rings. The molecule has 0 saturated carbocycles. The van der Waals surface area contributed by atoms with Gasteiger partial charge >= 0.3 is 0 Å². The second kappa shape index (κ2) is 11.0. The lowest BCUT2D eigenvalue weighted by atomic mass is 9.66. The number of Topliss-reactive ketones (excluding diaryl/α,β-unsaturated/α-hetero) is 1. The van der Waals surface area contributed by atoms with Crippen molar-refractivity contribution < 1.29 is 28.6 Å².